The van der Waals surface area contributed by atoms with E-state index in [0.717, 1.165) is 16.9 Å². The van der Waals surface area contributed by atoms with Crippen molar-refractivity contribution in [1.29, 1.82) is 0 Å². The molecule has 3 aromatic heterocycles. The number of aromatic nitrogens is 4. The molecular formula is C21H20N4O3. The van der Waals surface area contributed by atoms with Gasteiger partial charge in [-0.25, -0.2) is 9.78 Å². The lowest BCUT2D eigenvalue weighted by atomic mass is 10.0. The second-order valence-corrected chi connectivity index (χ2v) is 6.88. The lowest BCUT2D eigenvalue weighted by molar-refractivity contribution is 0.0429. The van der Waals surface area contributed by atoms with Gasteiger partial charge in [-0.3, -0.25) is 0 Å². The summed E-state index contributed by atoms with van der Waals surface area (Å²) in [6.45, 7) is 6.07. The molecule has 4 aromatic rings. The summed E-state index contributed by atoms with van der Waals surface area (Å²) in [5, 5.41) is 3.97. The van der Waals surface area contributed by atoms with E-state index in [-0.39, 0.29) is 12.5 Å². The highest BCUT2D eigenvalue weighted by Crippen LogP contribution is 2.21. The first kappa shape index (κ1) is 17.9. The molecule has 0 bridgehead atoms. The zero-order valence-electron chi connectivity index (χ0n) is 15.9. The van der Waals surface area contributed by atoms with E-state index in [9.17, 15) is 4.79 Å². The Kier molecular flexibility index (Phi) is 4.65. The van der Waals surface area contributed by atoms with Crippen molar-refractivity contribution in [3.05, 3.63) is 71.6 Å². The van der Waals surface area contributed by atoms with Gasteiger partial charge in [-0.05, 0) is 30.5 Å². The number of ether oxygens (including phenoxy) is 1. The van der Waals surface area contributed by atoms with E-state index in [1.165, 1.54) is 5.56 Å². The summed E-state index contributed by atoms with van der Waals surface area (Å²) in [6, 6.07) is 11.5. The maximum absolute atomic E-state index is 12.3. The predicted molar refractivity (Wildman–Crippen MR) is 103 cm³/mol. The molecular weight excluding hydrogens is 356 g/mol. The van der Waals surface area contributed by atoms with Crippen LogP contribution in [0.3, 0.4) is 0 Å². The van der Waals surface area contributed by atoms with Crippen LogP contribution in [0, 0.1) is 6.92 Å². The Morgan fingerprint density at radius 2 is 1.96 bits per heavy atom. The fraction of sp³-hybridized carbons (Fsp3) is 0.238. The minimum atomic E-state index is -0.462. The van der Waals surface area contributed by atoms with E-state index in [1.807, 2.05) is 41.7 Å². The molecule has 0 N–H and O–H groups in total. The summed E-state index contributed by atoms with van der Waals surface area (Å²) >= 11 is 0. The van der Waals surface area contributed by atoms with Gasteiger partial charge in [0.05, 0.1) is 17.3 Å². The van der Waals surface area contributed by atoms with Crippen LogP contribution in [0.1, 0.15) is 47.4 Å². The third kappa shape index (κ3) is 3.51. The molecule has 0 aliphatic heterocycles. The van der Waals surface area contributed by atoms with E-state index in [2.05, 4.69) is 29.0 Å². The Hall–Kier alpha value is -3.48. The Morgan fingerprint density at radius 3 is 2.71 bits per heavy atom. The van der Waals surface area contributed by atoms with E-state index >= 15 is 0 Å². The smallest absolute Gasteiger partial charge is 0.340 e. The van der Waals surface area contributed by atoms with Gasteiger partial charge in [-0.15, -0.1) is 0 Å². The summed E-state index contributed by atoms with van der Waals surface area (Å²) < 4.78 is 12.4. The number of pyridine rings is 1. The summed E-state index contributed by atoms with van der Waals surface area (Å²) in [4.78, 5) is 20.8. The van der Waals surface area contributed by atoms with Crippen molar-refractivity contribution >= 4 is 11.5 Å². The summed E-state index contributed by atoms with van der Waals surface area (Å²) in [7, 11) is 0. The third-order valence-corrected chi connectivity index (χ3v) is 4.58. The molecule has 7 heteroatoms. The topological polar surface area (TPSA) is 82.5 Å². The Morgan fingerprint density at radius 1 is 1.18 bits per heavy atom. The lowest BCUT2D eigenvalue weighted by Gasteiger charge is -2.04. The van der Waals surface area contributed by atoms with Crippen molar-refractivity contribution < 1.29 is 14.1 Å². The van der Waals surface area contributed by atoms with Gasteiger partial charge in [0.25, 0.3) is 5.89 Å². The predicted octanol–water partition coefficient (Wildman–Crippen LogP) is 4.17. The fourth-order valence-electron chi connectivity index (χ4n) is 2.90. The SMILES string of the molecule is Cc1ncc2ccc(C(=O)OCc3nc(-c4ccc(C(C)C)cc4)no3)cn12. The van der Waals surface area contributed by atoms with Gasteiger partial charge in [0.15, 0.2) is 6.61 Å². The Bertz CT molecular complexity index is 1130. The van der Waals surface area contributed by atoms with E-state index < -0.39 is 5.97 Å². The monoisotopic (exact) mass is 376 g/mol. The maximum atomic E-state index is 12.3. The number of benzene rings is 1. The van der Waals surface area contributed by atoms with E-state index in [4.69, 9.17) is 9.26 Å². The standard InChI is InChI=1S/C21H20N4O3/c1-13(2)15-4-6-16(7-5-15)20-23-19(28-24-20)12-27-21(26)17-8-9-18-10-22-14(3)25(18)11-17/h4-11,13H,12H2,1-3H3. The van der Waals surface area contributed by atoms with Crippen LogP contribution in [0.2, 0.25) is 0 Å². The van der Waals surface area contributed by atoms with Gasteiger partial charge < -0.3 is 13.7 Å². The van der Waals surface area contributed by atoms with Crippen molar-refractivity contribution in [1.82, 2.24) is 19.5 Å². The molecule has 0 fully saturated rings. The van der Waals surface area contributed by atoms with Crippen LogP contribution in [0.25, 0.3) is 16.9 Å². The molecule has 0 aliphatic rings. The average molecular weight is 376 g/mol. The van der Waals surface area contributed by atoms with Crippen LogP contribution >= 0.6 is 0 Å². The van der Waals surface area contributed by atoms with Gasteiger partial charge in [-0.1, -0.05) is 43.3 Å². The van der Waals surface area contributed by atoms with Crippen LogP contribution < -0.4 is 0 Å². The van der Waals surface area contributed by atoms with Gasteiger partial charge in [0.1, 0.15) is 5.82 Å². The normalized spacial score (nSPS) is 11.3. The molecule has 0 saturated heterocycles. The zero-order valence-corrected chi connectivity index (χ0v) is 15.9. The van der Waals surface area contributed by atoms with Crippen molar-refractivity contribution in [2.45, 2.75) is 33.3 Å². The number of hydrogen-bond acceptors (Lipinski definition) is 6. The van der Waals surface area contributed by atoms with Crippen LogP contribution in [0.5, 0.6) is 0 Å². The number of carbonyl (C=O) groups excluding carboxylic acids is 1. The Balaban J connectivity index is 1.43. The summed E-state index contributed by atoms with van der Waals surface area (Å²) in [6.07, 6.45) is 3.45. The molecule has 0 radical (unpaired) electrons. The molecule has 0 atom stereocenters. The first-order valence-electron chi connectivity index (χ1n) is 9.05. The molecule has 0 spiro atoms. The van der Waals surface area contributed by atoms with Crippen molar-refractivity contribution in [2.75, 3.05) is 0 Å². The molecule has 0 unspecified atom stereocenters. The number of fused-ring (bicyclic) bond motifs is 1. The van der Waals surface area contributed by atoms with Crippen LogP contribution in [-0.2, 0) is 11.3 Å². The van der Waals surface area contributed by atoms with Gasteiger partial charge in [0.2, 0.25) is 5.82 Å². The highest BCUT2D eigenvalue weighted by molar-refractivity contribution is 5.89. The van der Waals surface area contributed by atoms with Crippen LogP contribution in [0.15, 0.2) is 53.3 Å². The highest BCUT2D eigenvalue weighted by Gasteiger charge is 2.14. The molecule has 0 amide bonds. The number of imidazole rings is 1. The van der Waals surface area contributed by atoms with E-state index in [1.54, 1.807) is 18.5 Å². The zero-order chi connectivity index (χ0) is 19.7. The van der Waals surface area contributed by atoms with Crippen molar-refractivity contribution in [2.24, 2.45) is 0 Å². The molecule has 3 heterocycles. The van der Waals surface area contributed by atoms with Crippen LogP contribution in [0.4, 0.5) is 0 Å². The first-order valence-corrected chi connectivity index (χ1v) is 9.05. The summed E-state index contributed by atoms with van der Waals surface area (Å²) in [5.41, 5.74) is 3.44. The second kappa shape index (κ2) is 7.26. The van der Waals surface area contributed by atoms with Crippen molar-refractivity contribution in [3.8, 4) is 11.4 Å². The maximum Gasteiger partial charge on any atom is 0.340 e. The second-order valence-electron chi connectivity index (χ2n) is 6.88. The minimum Gasteiger partial charge on any atom is -0.452 e. The van der Waals surface area contributed by atoms with E-state index in [0.29, 0.717) is 17.3 Å². The summed E-state index contributed by atoms with van der Waals surface area (Å²) in [5.74, 6) is 1.51. The van der Waals surface area contributed by atoms with Gasteiger partial charge in [0, 0.05) is 11.8 Å². The van der Waals surface area contributed by atoms with Gasteiger partial charge >= 0.3 is 5.97 Å². The first-order chi connectivity index (χ1) is 13.5. The number of carbonyl (C=O) groups is 1. The lowest BCUT2D eigenvalue weighted by Crippen LogP contribution is -2.07. The number of esters is 1. The molecule has 1 aromatic carbocycles. The quantitative estimate of drug-likeness (QED) is 0.486. The minimum absolute atomic E-state index is 0.0864. The fourth-order valence-corrected chi connectivity index (χ4v) is 2.90. The third-order valence-electron chi connectivity index (χ3n) is 4.58. The van der Waals surface area contributed by atoms with Crippen molar-refractivity contribution in [3.63, 3.8) is 0 Å². The Labute approximate surface area is 162 Å². The number of aryl methyl sites for hydroxylation is 1. The highest BCUT2D eigenvalue weighted by atomic mass is 16.6. The average Bonchev–Trinajstić information content (AvgIpc) is 3.33. The molecule has 0 aliphatic carbocycles. The number of hydrogen-bond donors (Lipinski definition) is 0. The molecule has 4 rings (SSSR count). The number of nitrogens with zero attached hydrogens (tertiary/aromatic N) is 4. The largest absolute Gasteiger partial charge is 0.452 e. The molecule has 7 nitrogen and oxygen atoms in total. The molecule has 28 heavy (non-hydrogen) atoms. The van der Waals surface area contributed by atoms with Crippen LogP contribution in [-0.4, -0.2) is 25.5 Å². The number of rotatable bonds is 5. The molecule has 142 valence electrons. The van der Waals surface area contributed by atoms with Gasteiger partial charge in [-0.2, -0.15) is 4.98 Å². The molecule has 0 saturated carbocycles.